The number of pyridine rings is 1. The number of carboxylic acids is 1. The highest BCUT2D eigenvalue weighted by molar-refractivity contribution is 9.10. The maximum atomic E-state index is 11.5. The number of carboxylic acid groups (broad SMARTS) is 1. The molecule has 2 aromatic rings. The smallest absolute Gasteiger partial charge is 0.336 e. The summed E-state index contributed by atoms with van der Waals surface area (Å²) in [5.41, 5.74) is 2.04. The standard InChI is InChI=1S/C15H14BrNO2/c16-11-6-3-7-12-14(11)10(15(18)19)8-13(17-12)9-4-1-2-5-9/h3,6-9H,1-2,4-5H2,(H,18,19). The largest absolute Gasteiger partial charge is 0.478 e. The summed E-state index contributed by atoms with van der Waals surface area (Å²) in [6.07, 6.45) is 4.66. The summed E-state index contributed by atoms with van der Waals surface area (Å²) in [5.74, 6) is -0.472. The molecule has 1 saturated carbocycles. The number of rotatable bonds is 2. The molecule has 3 rings (SSSR count). The Morgan fingerprint density at radius 3 is 2.74 bits per heavy atom. The summed E-state index contributed by atoms with van der Waals surface area (Å²) in [4.78, 5) is 16.2. The summed E-state index contributed by atoms with van der Waals surface area (Å²) in [7, 11) is 0. The number of benzene rings is 1. The molecule has 0 atom stereocenters. The first-order valence-electron chi connectivity index (χ1n) is 6.49. The van der Waals surface area contributed by atoms with Gasteiger partial charge < -0.3 is 5.11 Å². The van der Waals surface area contributed by atoms with Gasteiger partial charge in [-0.3, -0.25) is 4.98 Å². The van der Waals surface area contributed by atoms with E-state index in [2.05, 4.69) is 20.9 Å². The molecule has 1 aliphatic carbocycles. The van der Waals surface area contributed by atoms with Crippen LogP contribution in [0, 0.1) is 0 Å². The van der Waals surface area contributed by atoms with Crippen molar-refractivity contribution in [2.45, 2.75) is 31.6 Å². The molecule has 0 amide bonds. The van der Waals surface area contributed by atoms with Crippen LogP contribution in [0.25, 0.3) is 10.9 Å². The minimum absolute atomic E-state index is 0.347. The van der Waals surface area contributed by atoms with Crippen LogP contribution in [0.5, 0.6) is 0 Å². The van der Waals surface area contributed by atoms with Crippen molar-refractivity contribution >= 4 is 32.8 Å². The van der Waals surface area contributed by atoms with Gasteiger partial charge in [-0.25, -0.2) is 4.79 Å². The van der Waals surface area contributed by atoms with E-state index in [0.29, 0.717) is 16.9 Å². The third-order valence-corrected chi connectivity index (χ3v) is 4.47. The lowest BCUT2D eigenvalue weighted by Crippen LogP contribution is -2.04. The number of hydrogen-bond donors (Lipinski definition) is 1. The Bertz CT molecular complexity index is 648. The maximum Gasteiger partial charge on any atom is 0.336 e. The molecule has 0 unspecified atom stereocenters. The molecule has 0 bridgehead atoms. The fourth-order valence-electron chi connectivity index (χ4n) is 2.86. The molecule has 1 aromatic carbocycles. The van der Waals surface area contributed by atoms with Gasteiger partial charge >= 0.3 is 5.97 Å². The third kappa shape index (κ3) is 2.25. The molecule has 1 aromatic heterocycles. The van der Waals surface area contributed by atoms with Crippen molar-refractivity contribution in [1.29, 1.82) is 0 Å². The van der Waals surface area contributed by atoms with Gasteiger partial charge in [0.2, 0.25) is 0 Å². The topological polar surface area (TPSA) is 50.2 Å². The number of halogens is 1. The van der Waals surface area contributed by atoms with E-state index in [0.717, 1.165) is 28.5 Å². The van der Waals surface area contributed by atoms with Gasteiger partial charge in [-0.05, 0) is 31.0 Å². The van der Waals surface area contributed by atoms with Crippen LogP contribution in [-0.4, -0.2) is 16.1 Å². The van der Waals surface area contributed by atoms with Crippen molar-refractivity contribution in [3.63, 3.8) is 0 Å². The molecule has 1 fully saturated rings. The molecule has 0 radical (unpaired) electrons. The third-order valence-electron chi connectivity index (χ3n) is 3.81. The second kappa shape index (κ2) is 4.93. The monoisotopic (exact) mass is 319 g/mol. The molecule has 3 nitrogen and oxygen atoms in total. The van der Waals surface area contributed by atoms with Crippen molar-refractivity contribution in [3.8, 4) is 0 Å². The van der Waals surface area contributed by atoms with Crippen LogP contribution in [-0.2, 0) is 0 Å². The van der Waals surface area contributed by atoms with E-state index in [1.54, 1.807) is 6.07 Å². The fourth-order valence-corrected chi connectivity index (χ4v) is 3.43. The number of nitrogens with zero attached hydrogens (tertiary/aromatic N) is 1. The van der Waals surface area contributed by atoms with Crippen molar-refractivity contribution in [1.82, 2.24) is 4.98 Å². The fraction of sp³-hybridized carbons (Fsp3) is 0.333. The summed E-state index contributed by atoms with van der Waals surface area (Å²) < 4.78 is 0.785. The van der Waals surface area contributed by atoms with Gasteiger partial charge in [0.15, 0.2) is 0 Å². The number of aromatic nitrogens is 1. The van der Waals surface area contributed by atoms with E-state index in [-0.39, 0.29) is 0 Å². The number of fused-ring (bicyclic) bond motifs is 1. The first kappa shape index (κ1) is 12.6. The van der Waals surface area contributed by atoms with Gasteiger partial charge in [-0.1, -0.05) is 34.8 Å². The predicted octanol–water partition coefficient (Wildman–Crippen LogP) is 4.35. The predicted molar refractivity (Wildman–Crippen MR) is 77.6 cm³/mol. The van der Waals surface area contributed by atoms with E-state index in [1.807, 2.05) is 18.2 Å². The quantitative estimate of drug-likeness (QED) is 0.895. The van der Waals surface area contributed by atoms with Crippen LogP contribution in [0.4, 0.5) is 0 Å². The Labute approximate surface area is 119 Å². The highest BCUT2D eigenvalue weighted by Crippen LogP contribution is 2.36. The van der Waals surface area contributed by atoms with Crippen LogP contribution >= 0.6 is 15.9 Å². The minimum atomic E-state index is -0.890. The molecule has 1 aliphatic rings. The van der Waals surface area contributed by atoms with Crippen molar-refractivity contribution in [2.75, 3.05) is 0 Å². The lowest BCUT2D eigenvalue weighted by molar-refractivity contribution is 0.0698. The Hall–Kier alpha value is -1.42. The van der Waals surface area contributed by atoms with E-state index < -0.39 is 5.97 Å². The SMILES string of the molecule is O=C(O)c1cc(C2CCCC2)nc2cccc(Br)c12. The zero-order chi connectivity index (χ0) is 13.4. The van der Waals surface area contributed by atoms with Crippen LogP contribution in [0.3, 0.4) is 0 Å². The molecular formula is C15H14BrNO2. The zero-order valence-corrected chi connectivity index (χ0v) is 12.0. The Morgan fingerprint density at radius 2 is 2.05 bits per heavy atom. The van der Waals surface area contributed by atoms with E-state index in [4.69, 9.17) is 0 Å². The van der Waals surface area contributed by atoms with Gasteiger partial charge in [0.1, 0.15) is 0 Å². The van der Waals surface area contributed by atoms with Gasteiger partial charge in [0.05, 0.1) is 11.1 Å². The lowest BCUT2D eigenvalue weighted by Gasteiger charge is -2.12. The average molecular weight is 320 g/mol. The second-order valence-corrected chi connectivity index (χ2v) is 5.87. The summed E-state index contributed by atoms with van der Waals surface area (Å²) in [6.45, 7) is 0. The second-order valence-electron chi connectivity index (χ2n) is 5.02. The average Bonchev–Trinajstić information content (AvgIpc) is 2.91. The molecule has 0 saturated heterocycles. The van der Waals surface area contributed by atoms with Gasteiger partial charge in [0.25, 0.3) is 0 Å². The minimum Gasteiger partial charge on any atom is -0.478 e. The van der Waals surface area contributed by atoms with Crippen molar-refractivity contribution in [2.24, 2.45) is 0 Å². The zero-order valence-electron chi connectivity index (χ0n) is 10.4. The van der Waals surface area contributed by atoms with Gasteiger partial charge in [-0.2, -0.15) is 0 Å². The first-order chi connectivity index (χ1) is 9.16. The first-order valence-corrected chi connectivity index (χ1v) is 7.28. The molecule has 0 aliphatic heterocycles. The summed E-state index contributed by atoms with van der Waals surface area (Å²) in [6, 6.07) is 7.38. The van der Waals surface area contributed by atoms with E-state index >= 15 is 0 Å². The van der Waals surface area contributed by atoms with Crippen LogP contribution in [0.15, 0.2) is 28.7 Å². The molecular weight excluding hydrogens is 306 g/mol. The van der Waals surface area contributed by atoms with Gasteiger partial charge in [0, 0.05) is 21.5 Å². The maximum absolute atomic E-state index is 11.5. The number of hydrogen-bond acceptors (Lipinski definition) is 2. The highest BCUT2D eigenvalue weighted by Gasteiger charge is 2.22. The normalized spacial score (nSPS) is 16.1. The van der Waals surface area contributed by atoms with Crippen LogP contribution in [0.1, 0.15) is 47.7 Å². The van der Waals surface area contributed by atoms with Crippen LogP contribution < -0.4 is 0 Å². The van der Waals surface area contributed by atoms with E-state index in [9.17, 15) is 9.90 Å². The summed E-state index contributed by atoms with van der Waals surface area (Å²) in [5, 5.41) is 10.1. The lowest BCUT2D eigenvalue weighted by atomic mass is 9.99. The molecule has 1 heterocycles. The Kier molecular flexibility index (Phi) is 3.27. The molecule has 98 valence electrons. The van der Waals surface area contributed by atoms with E-state index in [1.165, 1.54) is 12.8 Å². The Morgan fingerprint density at radius 1 is 1.32 bits per heavy atom. The molecule has 1 N–H and O–H groups in total. The van der Waals surface area contributed by atoms with Crippen molar-refractivity contribution < 1.29 is 9.90 Å². The number of carbonyl (C=O) groups is 1. The molecule has 19 heavy (non-hydrogen) atoms. The highest BCUT2D eigenvalue weighted by atomic mass is 79.9. The summed E-state index contributed by atoms with van der Waals surface area (Å²) >= 11 is 3.42. The number of aromatic carboxylic acids is 1. The Balaban J connectivity index is 2.24. The van der Waals surface area contributed by atoms with Crippen molar-refractivity contribution in [3.05, 3.63) is 40.0 Å². The van der Waals surface area contributed by atoms with Crippen LogP contribution in [0.2, 0.25) is 0 Å². The molecule has 0 spiro atoms. The van der Waals surface area contributed by atoms with Gasteiger partial charge in [-0.15, -0.1) is 0 Å². The molecule has 4 heteroatoms.